The highest BCUT2D eigenvalue weighted by molar-refractivity contribution is 5.53. The number of methoxy groups -OCH3 is 2. The molecule has 0 aliphatic carbocycles. The fraction of sp³-hybridized carbons (Fsp3) is 0.286. The molecule has 0 saturated carbocycles. The normalized spacial score (nSPS) is 9.62. The Balaban J connectivity index is 3.46. The Hall–Kier alpha value is -2.45. The number of aromatic nitrogens is 1. The van der Waals surface area contributed by atoms with Crippen molar-refractivity contribution in [3.8, 4) is 11.5 Å². The Labute approximate surface area is 88.9 Å². The number of ether oxygens (including phenoxy) is 2. The summed E-state index contributed by atoms with van der Waals surface area (Å²) in [4.78, 5) is 22.6. The first-order valence-electron chi connectivity index (χ1n) is 3.93. The predicted octanol–water partition coefficient (Wildman–Crippen LogP) is 0.915. The van der Waals surface area contributed by atoms with E-state index in [2.05, 4.69) is 14.5 Å². The Morgan fingerprint density at radius 1 is 1.06 bits per heavy atom. The zero-order chi connectivity index (χ0) is 12.3. The van der Waals surface area contributed by atoms with Crippen LogP contribution in [0, 0.1) is 20.2 Å². The molecule has 0 unspecified atom stereocenters. The summed E-state index contributed by atoms with van der Waals surface area (Å²) in [6, 6.07) is 1.04. The lowest BCUT2D eigenvalue weighted by Gasteiger charge is -2.05. The van der Waals surface area contributed by atoms with E-state index in [4.69, 9.17) is 0 Å². The van der Waals surface area contributed by atoms with Crippen molar-refractivity contribution in [2.75, 3.05) is 14.2 Å². The minimum atomic E-state index is -0.870. The summed E-state index contributed by atoms with van der Waals surface area (Å²) in [5.74, 6) is -1.86. The highest BCUT2D eigenvalue weighted by Gasteiger charge is 2.27. The molecule has 1 heterocycles. The van der Waals surface area contributed by atoms with E-state index in [0.717, 1.165) is 6.07 Å². The van der Waals surface area contributed by atoms with Gasteiger partial charge in [-0.3, -0.25) is 0 Å². The summed E-state index contributed by atoms with van der Waals surface area (Å²) in [5.41, 5.74) is 0. The first kappa shape index (κ1) is 11.6. The molecule has 0 bridgehead atoms. The van der Waals surface area contributed by atoms with Crippen LogP contribution in [0.1, 0.15) is 0 Å². The van der Waals surface area contributed by atoms with Crippen LogP contribution in [-0.2, 0) is 0 Å². The molecule has 0 N–H and O–H groups in total. The average molecular weight is 229 g/mol. The number of nitro groups is 2. The van der Waals surface area contributed by atoms with E-state index in [1.165, 1.54) is 14.2 Å². The van der Waals surface area contributed by atoms with Crippen LogP contribution < -0.4 is 9.47 Å². The summed E-state index contributed by atoms with van der Waals surface area (Å²) >= 11 is 0. The van der Waals surface area contributed by atoms with Gasteiger partial charge in [0.25, 0.3) is 0 Å². The number of hydrogen-bond acceptors (Lipinski definition) is 7. The minimum Gasteiger partial charge on any atom is -0.489 e. The molecule has 1 aromatic rings. The van der Waals surface area contributed by atoms with Gasteiger partial charge < -0.3 is 29.7 Å². The van der Waals surface area contributed by atoms with Crippen molar-refractivity contribution in [2.45, 2.75) is 0 Å². The topological polar surface area (TPSA) is 118 Å². The monoisotopic (exact) mass is 229 g/mol. The van der Waals surface area contributed by atoms with Gasteiger partial charge in [-0.2, -0.15) is 0 Å². The van der Waals surface area contributed by atoms with Crippen molar-refractivity contribution in [1.82, 2.24) is 4.98 Å². The fourth-order valence-corrected chi connectivity index (χ4v) is 1.02. The summed E-state index contributed by atoms with van der Waals surface area (Å²) in [5, 5.41) is 21.1. The number of nitrogens with zero attached hydrogens (tertiary/aromatic N) is 3. The maximum atomic E-state index is 10.6. The molecule has 9 heteroatoms. The third-order valence-corrected chi connectivity index (χ3v) is 1.70. The van der Waals surface area contributed by atoms with Gasteiger partial charge in [-0.1, -0.05) is 0 Å². The first-order valence-corrected chi connectivity index (χ1v) is 3.93. The maximum Gasteiger partial charge on any atom is 0.410 e. The molecule has 1 rings (SSSR count). The smallest absolute Gasteiger partial charge is 0.410 e. The van der Waals surface area contributed by atoms with E-state index in [-0.39, 0.29) is 11.5 Å². The Morgan fingerprint density at radius 3 is 1.69 bits per heavy atom. The molecule has 0 aliphatic rings. The van der Waals surface area contributed by atoms with E-state index in [1.807, 2.05) is 0 Å². The molecule has 86 valence electrons. The molecule has 0 aromatic carbocycles. The van der Waals surface area contributed by atoms with Crippen molar-refractivity contribution >= 4 is 11.6 Å². The van der Waals surface area contributed by atoms with Gasteiger partial charge in [-0.25, -0.2) is 0 Å². The molecule has 0 radical (unpaired) electrons. The molecular formula is C7H7N3O6. The molecular weight excluding hydrogens is 222 g/mol. The number of rotatable bonds is 4. The molecule has 0 aliphatic heterocycles. The third kappa shape index (κ3) is 1.97. The van der Waals surface area contributed by atoms with Crippen molar-refractivity contribution in [2.24, 2.45) is 0 Å². The summed E-state index contributed by atoms with van der Waals surface area (Å²) in [7, 11) is 2.38. The van der Waals surface area contributed by atoms with Crippen LogP contribution in [0.2, 0.25) is 0 Å². The second kappa shape index (κ2) is 4.38. The maximum absolute atomic E-state index is 10.6. The van der Waals surface area contributed by atoms with Gasteiger partial charge >= 0.3 is 11.6 Å². The van der Waals surface area contributed by atoms with Crippen molar-refractivity contribution in [3.63, 3.8) is 0 Å². The Morgan fingerprint density at radius 2 is 1.44 bits per heavy atom. The van der Waals surface area contributed by atoms with Gasteiger partial charge in [0.05, 0.1) is 14.2 Å². The van der Waals surface area contributed by atoms with Gasteiger partial charge in [-0.15, -0.1) is 0 Å². The first-order chi connectivity index (χ1) is 7.51. The fourth-order valence-electron chi connectivity index (χ4n) is 1.02. The summed E-state index contributed by atoms with van der Waals surface area (Å²) in [6.45, 7) is 0. The Kier molecular flexibility index (Phi) is 3.18. The molecule has 16 heavy (non-hydrogen) atoms. The van der Waals surface area contributed by atoms with Crippen LogP contribution in [0.15, 0.2) is 6.07 Å². The quantitative estimate of drug-likeness (QED) is 0.556. The standard InChI is InChI=1S/C7H7N3O6/c1-15-4-3-5(16-2)7(10(13)14)8-6(4)9(11)12/h3H,1-2H3. The largest absolute Gasteiger partial charge is 0.489 e. The molecule has 9 nitrogen and oxygen atoms in total. The van der Waals surface area contributed by atoms with Gasteiger partial charge in [0, 0.05) is 11.1 Å². The van der Waals surface area contributed by atoms with Crippen LogP contribution in [-0.4, -0.2) is 29.1 Å². The molecule has 0 saturated heterocycles. The highest BCUT2D eigenvalue weighted by atomic mass is 16.6. The molecule has 0 spiro atoms. The average Bonchev–Trinajstić information content (AvgIpc) is 2.26. The lowest BCUT2D eigenvalue weighted by molar-refractivity contribution is -0.404. The lowest BCUT2D eigenvalue weighted by Crippen LogP contribution is -2.02. The van der Waals surface area contributed by atoms with Crippen LogP contribution in [0.3, 0.4) is 0 Å². The number of hydrogen-bond donors (Lipinski definition) is 0. The lowest BCUT2D eigenvalue weighted by atomic mass is 10.3. The molecule has 0 atom stereocenters. The van der Waals surface area contributed by atoms with Crippen LogP contribution in [0.25, 0.3) is 0 Å². The van der Waals surface area contributed by atoms with E-state index in [0.29, 0.717) is 0 Å². The summed E-state index contributed by atoms with van der Waals surface area (Å²) < 4.78 is 9.35. The zero-order valence-electron chi connectivity index (χ0n) is 8.37. The Bertz CT molecular complexity index is 409. The van der Waals surface area contributed by atoms with Gasteiger partial charge in [-0.05, 0) is 9.85 Å². The van der Waals surface area contributed by atoms with Crippen molar-refractivity contribution in [3.05, 3.63) is 26.3 Å². The van der Waals surface area contributed by atoms with E-state index < -0.39 is 21.5 Å². The van der Waals surface area contributed by atoms with E-state index in [9.17, 15) is 20.2 Å². The summed E-state index contributed by atoms with van der Waals surface area (Å²) in [6.07, 6.45) is 0. The van der Waals surface area contributed by atoms with E-state index in [1.54, 1.807) is 0 Å². The molecule has 1 aromatic heterocycles. The number of pyridine rings is 1. The van der Waals surface area contributed by atoms with Crippen LogP contribution in [0.4, 0.5) is 11.6 Å². The molecule has 0 fully saturated rings. The SMILES string of the molecule is COc1cc(OC)c([N+](=O)[O-])nc1[N+](=O)[O-]. The second-order valence-corrected chi connectivity index (χ2v) is 2.55. The second-order valence-electron chi connectivity index (χ2n) is 2.55. The van der Waals surface area contributed by atoms with Crippen molar-refractivity contribution in [1.29, 1.82) is 0 Å². The highest BCUT2D eigenvalue weighted by Crippen LogP contribution is 2.34. The van der Waals surface area contributed by atoms with Gasteiger partial charge in [0.2, 0.25) is 11.5 Å². The van der Waals surface area contributed by atoms with Gasteiger partial charge in [0.15, 0.2) is 0 Å². The minimum absolute atomic E-state index is 0.201. The van der Waals surface area contributed by atoms with Gasteiger partial charge in [0.1, 0.15) is 0 Å². The van der Waals surface area contributed by atoms with Crippen LogP contribution >= 0.6 is 0 Å². The van der Waals surface area contributed by atoms with Crippen LogP contribution in [0.5, 0.6) is 11.5 Å². The van der Waals surface area contributed by atoms with E-state index >= 15 is 0 Å². The third-order valence-electron chi connectivity index (χ3n) is 1.70. The molecule has 0 amide bonds. The van der Waals surface area contributed by atoms with Crippen molar-refractivity contribution < 1.29 is 19.3 Å². The predicted molar refractivity (Wildman–Crippen MR) is 50.6 cm³/mol. The zero-order valence-corrected chi connectivity index (χ0v) is 8.37.